The van der Waals surface area contributed by atoms with Crippen LogP contribution in [0.5, 0.6) is 0 Å². The van der Waals surface area contributed by atoms with Gasteiger partial charge >= 0.3 is 5.97 Å². The Bertz CT molecular complexity index is 793. The molecule has 3 amide bonds. The van der Waals surface area contributed by atoms with E-state index in [1.165, 1.54) is 24.3 Å². The van der Waals surface area contributed by atoms with Crippen LogP contribution in [0.4, 0.5) is 0 Å². The fraction of sp³-hybridized carbons (Fsp3) is 0.667. The molecule has 192 valence electrons. The zero-order valence-corrected chi connectivity index (χ0v) is 21.6. The number of nitrogens with zero attached hydrogens (tertiary/aromatic N) is 1. The Morgan fingerprint density at radius 2 is 1.62 bits per heavy atom. The lowest BCUT2D eigenvalue weighted by Crippen LogP contribution is -2.58. The minimum atomic E-state index is -1.20. The zero-order valence-electron chi connectivity index (χ0n) is 20.0. The van der Waals surface area contributed by atoms with Gasteiger partial charge in [-0.15, -0.1) is 0 Å². The monoisotopic (exact) mass is 516 g/mol. The van der Waals surface area contributed by atoms with Gasteiger partial charge in [-0.25, -0.2) is 9.78 Å². The van der Waals surface area contributed by atoms with Crippen molar-refractivity contribution in [3.63, 3.8) is 0 Å². The maximum Gasteiger partial charge on any atom is 0.326 e. The molecule has 1 aromatic heterocycles. The minimum Gasteiger partial charge on any atom is -0.480 e. The van der Waals surface area contributed by atoms with Gasteiger partial charge in [0.25, 0.3) is 0 Å². The largest absolute Gasteiger partial charge is 0.480 e. The Morgan fingerprint density at radius 1 is 1.00 bits per heavy atom. The highest BCUT2D eigenvalue weighted by molar-refractivity contribution is 7.98. The fourth-order valence-corrected chi connectivity index (χ4v) is 3.99. The van der Waals surface area contributed by atoms with Gasteiger partial charge in [0, 0.05) is 18.3 Å². The number of carbonyl (C=O) groups excluding carboxylic acids is 3. The molecule has 0 aliphatic carbocycles. The van der Waals surface area contributed by atoms with Crippen LogP contribution >= 0.6 is 23.5 Å². The quantitative estimate of drug-likeness (QED) is 0.176. The van der Waals surface area contributed by atoms with Gasteiger partial charge in [-0.2, -0.15) is 23.5 Å². The average Bonchev–Trinajstić information content (AvgIpc) is 3.30. The van der Waals surface area contributed by atoms with Crippen LogP contribution in [-0.4, -0.2) is 86.9 Å². The van der Waals surface area contributed by atoms with Crippen molar-refractivity contribution in [3.05, 3.63) is 18.2 Å². The number of thioether (sulfide) groups is 2. The van der Waals surface area contributed by atoms with Crippen LogP contribution in [0.1, 0.15) is 32.4 Å². The van der Waals surface area contributed by atoms with Crippen molar-refractivity contribution in [1.29, 1.82) is 0 Å². The summed E-state index contributed by atoms with van der Waals surface area (Å²) in [7, 11) is 0. The van der Waals surface area contributed by atoms with Crippen molar-refractivity contribution in [2.24, 2.45) is 11.7 Å². The summed E-state index contributed by atoms with van der Waals surface area (Å²) in [5, 5.41) is 17.4. The van der Waals surface area contributed by atoms with Gasteiger partial charge in [-0.05, 0) is 42.8 Å². The molecule has 7 N–H and O–H groups in total. The Labute approximate surface area is 208 Å². The van der Waals surface area contributed by atoms with Crippen LogP contribution in [0.25, 0.3) is 0 Å². The SMILES string of the molecule is CSCCC(N)C(=O)NC(C(=O)NC(CCSC)C(=O)NC(Cc1cnc[nH]1)C(=O)O)C(C)C. The molecule has 4 unspecified atom stereocenters. The van der Waals surface area contributed by atoms with E-state index in [2.05, 4.69) is 25.9 Å². The lowest BCUT2D eigenvalue weighted by Gasteiger charge is -2.27. The lowest BCUT2D eigenvalue weighted by atomic mass is 10.0. The number of aromatic nitrogens is 2. The van der Waals surface area contributed by atoms with Crippen molar-refractivity contribution < 1.29 is 24.3 Å². The number of nitrogens with two attached hydrogens (primary N) is 1. The topological polar surface area (TPSA) is 179 Å². The summed E-state index contributed by atoms with van der Waals surface area (Å²) in [4.78, 5) is 56.7. The lowest BCUT2D eigenvalue weighted by molar-refractivity contribution is -0.142. The average molecular weight is 517 g/mol. The van der Waals surface area contributed by atoms with E-state index in [-0.39, 0.29) is 12.3 Å². The highest BCUT2D eigenvalue weighted by Crippen LogP contribution is 2.08. The summed E-state index contributed by atoms with van der Waals surface area (Å²) in [6.45, 7) is 3.56. The normalized spacial score (nSPS) is 14.6. The third kappa shape index (κ3) is 10.3. The van der Waals surface area contributed by atoms with E-state index < -0.39 is 47.9 Å². The summed E-state index contributed by atoms with van der Waals surface area (Å²) in [6, 6.07) is -3.79. The number of H-pyrrole nitrogens is 1. The molecule has 11 nitrogen and oxygen atoms in total. The molecule has 0 aliphatic heterocycles. The molecule has 1 aromatic rings. The Balaban J connectivity index is 2.89. The predicted octanol–water partition coefficient (Wildman–Crippen LogP) is -0.0193. The predicted molar refractivity (Wildman–Crippen MR) is 135 cm³/mol. The Hall–Kier alpha value is -2.25. The van der Waals surface area contributed by atoms with E-state index in [9.17, 15) is 24.3 Å². The van der Waals surface area contributed by atoms with E-state index in [1.807, 2.05) is 12.5 Å². The molecule has 0 saturated heterocycles. The van der Waals surface area contributed by atoms with Gasteiger partial charge in [-0.1, -0.05) is 13.8 Å². The van der Waals surface area contributed by atoms with Gasteiger partial charge in [-0.3, -0.25) is 14.4 Å². The standard InChI is InChI=1S/C21H36N6O5S2/c1-12(2)17(27-18(28)14(22)5-7-33-3)20(30)25-15(6-8-34-4)19(29)26-16(21(31)32)9-13-10-23-11-24-13/h10-12,14-17H,5-9,22H2,1-4H3,(H,23,24)(H,25,30)(H,26,29)(H,27,28)(H,31,32). The summed E-state index contributed by atoms with van der Waals surface area (Å²) >= 11 is 3.06. The minimum absolute atomic E-state index is 0.0167. The number of carboxylic acids is 1. The number of hydrogen-bond donors (Lipinski definition) is 6. The maximum atomic E-state index is 13.0. The molecule has 0 radical (unpaired) electrons. The first-order valence-corrected chi connectivity index (χ1v) is 13.7. The second-order valence-electron chi connectivity index (χ2n) is 8.14. The molecule has 34 heavy (non-hydrogen) atoms. The fourth-order valence-electron chi connectivity index (χ4n) is 3.03. The zero-order chi connectivity index (χ0) is 25.7. The number of imidazole rings is 1. The number of hydrogen-bond acceptors (Lipinski definition) is 8. The van der Waals surface area contributed by atoms with E-state index in [0.717, 1.165) is 0 Å². The highest BCUT2D eigenvalue weighted by Gasteiger charge is 2.31. The molecule has 1 rings (SSSR count). The van der Waals surface area contributed by atoms with Gasteiger partial charge in [0.1, 0.15) is 18.1 Å². The molecule has 0 bridgehead atoms. The molecule has 0 spiro atoms. The summed E-state index contributed by atoms with van der Waals surface area (Å²) in [5.41, 5.74) is 6.47. The number of aliphatic carboxylic acids is 1. The first kappa shape index (κ1) is 29.8. The second kappa shape index (κ2) is 15.6. The number of aromatic amines is 1. The number of nitrogens with one attached hydrogen (secondary N) is 4. The Kier molecular flexibility index (Phi) is 13.7. The molecular weight excluding hydrogens is 480 g/mol. The molecule has 0 aromatic carbocycles. The third-order valence-electron chi connectivity index (χ3n) is 5.05. The van der Waals surface area contributed by atoms with Crippen LogP contribution < -0.4 is 21.7 Å². The van der Waals surface area contributed by atoms with E-state index in [1.54, 1.807) is 25.6 Å². The van der Waals surface area contributed by atoms with Gasteiger partial charge in [0.2, 0.25) is 17.7 Å². The van der Waals surface area contributed by atoms with Crippen LogP contribution in [0, 0.1) is 5.92 Å². The summed E-state index contributed by atoms with van der Waals surface area (Å²) < 4.78 is 0. The van der Waals surface area contributed by atoms with Crippen molar-refractivity contribution in [3.8, 4) is 0 Å². The van der Waals surface area contributed by atoms with Gasteiger partial charge in [0.05, 0.1) is 12.4 Å². The highest BCUT2D eigenvalue weighted by atomic mass is 32.2. The van der Waals surface area contributed by atoms with Crippen LogP contribution in [0.3, 0.4) is 0 Å². The molecule has 0 aliphatic rings. The second-order valence-corrected chi connectivity index (χ2v) is 10.1. The number of amides is 3. The molecule has 0 fully saturated rings. The van der Waals surface area contributed by atoms with Crippen LogP contribution in [-0.2, 0) is 25.6 Å². The van der Waals surface area contributed by atoms with Crippen molar-refractivity contribution in [2.75, 3.05) is 24.0 Å². The molecule has 4 atom stereocenters. The third-order valence-corrected chi connectivity index (χ3v) is 6.34. The van der Waals surface area contributed by atoms with Crippen molar-refractivity contribution >= 4 is 47.2 Å². The first-order chi connectivity index (χ1) is 16.1. The number of carboxylic acid groups (broad SMARTS) is 1. The smallest absolute Gasteiger partial charge is 0.326 e. The van der Waals surface area contributed by atoms with Crippen molar-refractivity contribution in [1.82, 2.24) is 25.9 Å². The molecule has 13 heteroatoms. The Morgan fingerprint density at radius 3 is 2.15 bits per heavy atom. The van der Waals surface area contributed by atoms with Crippen LogP contribution in [0.2, 0.25) is 0 Å². The van der Waals surface area contributed by atoms with Gasteiger partial charge in [0.15, 0.2) is 0 Å². The first-order valence-electron chi connectivity index (χ1n) is 10.9. The molecule has 0 saturated carbocycles. The summed E-state index contributed by atoms with van der Waals surface area (Å²) in [5.74, 6) is -1.75. The van der Waals surface area contributed by atoms with E-state index in [4.69, 9.17) is 5.73 Å². The van der Waals surface area contributed by atoms with Gasteiger partial charge < -0.3 is 31.8 Å². The number of carbonyl (C=O) groups is 4. The van der Waals surface area contributed by atoms with Crippen molar-refractivity contribution in [2.45, 2.75) is 57.3 Å². The molecule has 1 heterocycles. The molecular formula is C21H36N6O5S2. The summed E-state index contributed by atoms with van der Waals surface area (Å²) in [6.07, 6.45) is 7.47. The number of rotatable bonds is 16. The van der Waals surface area contributed by atoms with E-state index in [0.29, 0.717) is 30.0 Å². The maximum absolute atomic E-state index is 13.0. The van der Waals surface area contributed by atoms with E-state index >= 15 is 0 Å². The van der Waals surface area contributed by atoms with Crippen LogP contribution in [0.15, 0.2) is 12.5 Å².